The molecule has 7 heteroatoms. The van der Waals surface area contributed by atoms with E-state index in [1.165, 1.54) is 30.1 Å². The fraction of sp³-hybridized carbons (Fsp3) is 0.111. The number of hydrogen-bond donors (Lipinski definition) is 2. The molecule has 0 fully saturated rings. The number of anilines is 1. The van der Waals surface area contributed by atoms with Gasteiger partial charge in [0.1, 0.15) is 24.8 Å². The predicted molar refractivity (Wildman–Crippen MR) is 93.5 cm³/mol. The van der Waals surface area contributed by atoms with Crippen LogP contribution in [-0.2, 0) is 0 Å². The van der Waals surface area contributed by atoms with Crippen molar-refractivity contribution in [3.63, 3.8) is 0 Å². The molecule has 0 bridgehead atoms. The second-order valence-electron chi connectivity index (χ2n) is 5.11. The molecule has 0 aliphatic rings. The van der Waals surface area contributed by atoms with Crippen LogP contribution in [0.25, 0.3) is 11.3 Å². The van der Waals surface area contributed by atoms with Crippen molar-refractivity contribution in [2.45, 2.75) is 4.90 Å². The lowest BCUT2D eigenvalue weighted by atomic mass is 10.1. The van der Waals surface area contributed by atoms with Crippen molar-refractivity contribution >= 4 is 17.6 Å². The summed E-state index contributed by atoms with van der Waals surface area (Å²) in [4.78, 5) is 3.77. The van der Waals surface area contributed by atoms with Crippen LogP contribution in [0.1, 0.15) is 0 Å². The fourth-order valence-electron chi connectivity index (χ4n) is 2.21. The highest BCUT2D eigenvalue weighted by Gasteiger charge is 2.09. The van der Waals surface area contributed by atoms with Crippen molar-refractivity contribution in [2.75, 3.05) is 18.0 Å². The normalized spacial score (nSPS) is 10.7. The quantitative estimate of drug-likeness (QED) is 0.549. The number of alkyl halides is 1. The summed E-state index contributed by atoms with van der Waals surface area (Å²) in [5.41, 5.74) is 1.37. The van der Waals surface area contributed by atoms with Gasteiger partial charge in [-0.15, -0.1) is 0 Å². The third kappa shape index (κ3) is 4.30. The van der Waals surface area contributed by atoms with E-state index in [1.54, 1.807) is 36.5 Å². The summed E-state index contributed by atoms with van der Waals surface area (Å²) in [6.07, 6.45) is 1.70. The first kappa shape index (κ1) is 17.3. The Balaban J connectivity index is 1.65. The fourth-order valence-corrected chi connectivity index (χ4v) is 2.90. The maximum absolute atomic E-state index is 14.0. The summed E-state index contributed by atoms with van der Waals surface area (Å²) in [7, 11) is 0. The summed E-state index contributed by atoms with van der Waals surface area (Å²) in [5, 5.41) is 0. The van der Waals surface area contributed by atoms with Gasteiger partial charge in [0, 0.05) is 28.4 Å². The Labute approximate surface area is 147 Å². The third-order valence-electron chi connectivity index (χ3n) is 3.39. The molecule has 1 heterocycles. The van der Waals surface area contributed by atoms with Gasteiger partial charge >= 0.3 is 0 Å². The standard InChI is InChI=1S/C18H15F3N2OS/c19-7-8-24-12-5-6-17(16(21)9-12)23-25-13-10-18(22-11-13)14-3-1-2-4-15(14)20/h1-6,9-11,22-23H,7-8H2. The van der Waals surface area contributed by atoms with Gasteiger partial charge in [-0.1, -0.05) is 12.1 Å². The monoisotopic (exact) mass is 364 g/mol. The Kier molecular flexibility index (Phi) is 5.55. The summed E-state index contributed by atoms with van der Waals surface area (Å²) in [5.74, 6) is -0.549. The SMILES string of the molecule is FCCOc1ccc(NSc2c[nH]c(-c3ccccc3F)c2)c(F)c1. The van der Waals surface area contributed by atoms with Gasteiger partial charge in [-0.25, -0.2) is 13.2 Å². The zero-order valence-corrected chi connectivity index (χ0v) is 13.9. The Morgan fingerprint density at radius 3 is 2.64 bits per heavy atom. The molecule has 3 rings (SSSR count). The Morgan fingerprint density at radius 1 is 1.04 bits per heavy atom. The number of aromatic nitrogens is 1. The van der Waals surface area contributed by atoms with Crippen molar-refractivity contribution < 1.29 is 17.9 Å². The number of halogens is 3. The summed E-state index contributed by atoms with van der Waals surface area (Å²) >= 11 is 1.19. The van der Waals surface area contributed by atoms with E-state index in [4.69, 9.17) is 4.74 Å². The van der Waals surface area contributed by atoms with Crippen molar-refractivity contribution in [2.24, 2.45) is 0 Å². The number of benzene rings is 2. The van der Waals surface area contributed by atoms with E-state index < -0.39 is 12.5 Å². The average molecular weight is 364 g/mol. The van der Waals surface area contributed by atoms with E-state index >= 15 is 0 Å². The van der Waals surface area contributed by atoms with Gasteiger partial charge in [0.2, 0.25) is 0 Å². The number of ether oxygens (including phenoxy) is 1. The molecule has 0 aliphatic heterocycles. The molecule has 0 spiro atoms. The van der Waals surface area contributed by atoms with Crippen molar-refractivity contribution in [3.8, 4) is 17.0 Å². The van der Waals surface area contributed by atoms with E-state index in [9.17, 15) is 13.2 Å². The predicted octanol–water partition coefficient (Wildman–Crippen LogP) is 5.43. The molecule has 3 aromatic rings. The lowest BCUT2D eigenvalue weighted by molar-refractivity contribution is 0.272. The van der Waals surface area contributed by atoms with E-state index in [-0.39, 0.29) is 23.9 Å². The number of H-pyrrole nitrogens is 1. The molecule has 3 nitrogen and oxygen atoms in total. The summed E-state index contributed by atoms with van der Waals surface area (Å²) < 4.78 is 47.8. The highest BCUT2D eigenvalue weighted by atomic mass is 32.2. The van der Waals surface area contributed by atoms with Crippen LogP contribution in [0, 0.1) is 11.6 Å². The van der Waals surface area contributed by atoms with Crippen LogP contribution in [0.2, 0.25) is 0 Å². The molecular weight excluding hydrogens is 349 g/mol. The maximum atomic E-state index is 14.0. The van der Waals surface area contributed by atoms with E-state index in [2.05, 4.69) is 9.71 Å². The molecule has 0 amide bonds. The summed E-state index contributed by atoms with van der Waals surface area (Å²) in [6.45, 7) is -0.738. The van der Waals surface area contributed by atoms with Gasteiger partial charge < -0.3 is 14.4 Å². The lowest BCUT2D eigenvalue weighted by Crippen LogP contribution is -1.99. The molecule has 0 atom stereocenters. The van der Waals surface area contributed by atoms with Gasteiger partial charge in [-0.2, -0.15) is 0 Å². The number of nitrogens with one attached hydrogen (secondary N) is 2. The Hall–Kier alpha value is -2.54. The first-order valence-electron chi connectivity index (χ1n) is 7.52. The van der Waals surface area contributed by atoms with Crippen LogP contribution in [0.15, 0.2) is 59.6 Å². The minimum Gasteiger partial charge on any atom is -0.491 e. The number of rotatable bonds is 7. The van der Waals surface area contributed by atoms with Crippen LogP contribution in [0.4, 0.5) is 18.9 Å². The first-order valence-corrected chi connectivity index (χ1v) is 8.33. The van der Waals surface area contributed by atoms with Gasteiger partial charge in [-0.05, 0) is 42.3 Å². The molecule has 0 saturated heterocycles. The molecule has 0 unspecified atom stereocenters. The Bertz CT molecular complexity index is 854. The van der Waals surface area contributed by atoms with Crippen LogP contribution < -0.4 is 9.46 Å². The van der Waals surface area contributed by atoms with Gasteiger partial charge in [0.25, 0.3) is 0 Å². The van der Waals surface area contributed by atoms with Crippen LogP contribution >= 0.6 is 11.9 Å². The second kappa shape index (κ2) is 8.02. The Morgan fingerprint density at radius 2 is 1.88 bits per heavy atom. The minimum absolute atomic E-state index is 0.108. The molecule has 0 saturated carbocycles. The van der Waals surface area contributed by atoms with Crippen molar-refractivity contribution in [1.29, 1.82) is 0 Å². The van der Waals surface area contributed by atoms with Gasteiger partial charge in [0.05, 0.1) is 5.69 Å². The largest absolute Gasteiger partial charge is 0.491 e. The zero-order valence-electron chi connectivity index (χ0n) is 13.1. The van der Waals surface area contributed by atoms with E-state index in [0.29, 0.717) is 11.3 Å². The molecule has 0 radical (unpaired) electrons. The average Bonchev–Trinajstić information content (AvgIpc) is 3.08. The number of aromatic amines is 1. The summed E-state index contributed by atoms with van der Waals surface area (Å²) in [6, 6.07) is 12.5. The van der Waals surface area contributed by atoms with Gasteiger partial charge in [0.15, 0.2) is 5.82 Å². The highest BCUT2D eigenvalue weighted by Crippen LogP contribution is 2.29. The lowest BCUT2D eigenvalue weighted by Gasteiger charge is -2.08. The van der Waals surface area contributed by atoms with Crippen molar-refractivity contribution in [3.05, 3.63) is 66.4 Å². The van der Waals surface area contributed by atoms with E-state index in [1.807, 2.05) is 0 Å². The third-order valence-corrected chi connectivity index (χ3v) is 4.18. The maximum Gasteiger partial charge on any atom is 0.150 e. The highest BCUT2D eigenvalue weighted by molar-refractivity contribution is 8.00. The molecular formula is C18H15F3N2OS. The molecule has 130 valence electrons. The molecule has 2 aromatic carbocycles. The van der Waals surface area contributed by atoms with Gasteiger partial charge in [-0.3, -0.25) is 0 Å². The molecule has 0 aliphatic carbocycles. The van der Waals surface area contributed by atoms with E-state index in [0.717, 1.165) is 4.90 Å². The molecule has 25 heavy (non-hydrogen) atoms. The van der Waals surface area contributed by atoms with Crippen LogP contribution in [0.3, 0.4) is 0 Å². The molecule has 1 aromatic heterocycles. The zero-order chi connectivity index (χ0) is 17.6. The van der Waals surface area contributed by atoms with Crippen molar-refractivity contribution in [1.82, 2.24) is 4.98 Å². The first-order chi connectivity index (χ1) is 12.2. The second-order valence-corrected chi connectivity index (χ2v) is 5.99. The smallest absolute Gasteiger partial charge is 0.150 e. The number of hydrogen-bond acceptors (Lipinski definition) is 3. The topological polar surface area (TPSA) is 37.0 Å². The van der Waals surface area contributed by atoms with Crippen LogP contribution in [0.5, 0.6) is 5.75 Å². The minimum atomic E-state index is -0.630. The molecule has 2 N–H and O–H groups in total. The van der Waals surface area contributed by atoms with Crippen LogP contribution in [-0.4, -0.2) is 18.3 Å².